The molecule has 0 bridgehead atoms. The van der Waals surface area contributed by atoms with Crippen LogP contribution in [0.2, 0.25) is 0 Å². The fourth-order valence-electron chi connectivity index (χ4n) is 1.20. The summed E-state index contributed by atoms with van der Waals surface area (Å²) >= 11 is 4.67. The number of methoxy groups -OCH3 is 1. The molecule has 5 nitrogen and oxygen atoms in total. The molecular weight excluding hydrogens is 250 g/mol. The average molecular weight is 267 g/mol. The first-order valence-electron chi connectivity index (χ1n) is 5.43. The highest BCUT2D eigenvalue weighted by atomic mass is 32.1. The first-order valence-corrected chi connectivity index (χ1v) is 5.84. The summed E-state index contributed by atoms with van der Waals surface area (Å²) in [7, 11) is 1.61. The van der Waals surface area contributed by atoms with E-state index in [0.29, 0.717) is 5.75 Å². The molecule has 0 amide bonds. The number of hydrazone groups is 1. The molecule has 18 heavy (non-hydrogen) atoms. The highest BCUT2D eigenvalue weighted by molar-refractivity contribution is 7.80. The standard InChI is InChI=1S/C12H17N3O2S/c1-8(14-15-12(13)18)9(2)17-11-6-4-5-10(7-11)16-3/h4-7,9H,1-3H3,(H3,13,15,18)/b14-8+. The number of benzene rings is 1. The Morgan fingerprint density at radius 1 is 1.44 bits per heavy atom. The maximum atomic E-state index is 5.72. The maximum Gasteiger partial charge on any atom is 0.184 e. The summed E-state index contributed by atoms with van der Waals surface area (Å²) in [6.45, 7) is 3.72. The Labute approximate surface area is 112 Å². The van der Waals surface area contributed by atoms with Crippen molar-refractivity contribution in [3.8, 4) is 11.5 Å². The van der Waals surface area contributed by atoms with Gasteiger partial charge in [-0.1, -0.05) is 6.07 Å². The van der Waals surface area contributed by atoms with E-state index in [1.165, 1.54) is 0 Å². The molecule has 1 rings (SSSR count). The molecule has 0 spiro atoms. The molecule has 1 aromatic rings. The van der Waals surface area contributed by atoms with Gasteiger partial charge in [0.05, 0.1) is 12.8 Å². The third kappa shape index (κ3) is 4.58. The van der Waals surface area contributed by atoms with Crippen LogP contribution in [0.1, 0.15) is 13.8 Å². The topological polar surface area (TPSA) is 68.9 Å². The summed E-state index contributed by atoms with van der Waals surface area (Å²) in [6.07, 6.45) is -0.195. The van der Waals surface area contributed by atoms with Gasteiger partial charge in [-0.25, -0.2) is 0 Å². The monoisotopic (exact) mass is 267 g/mol. The van der Waals surface area contributed by atoms with Crippen LogP contribution >= 0.6 is 12.2 Å². The van der Waals surface area contributed by atoms with Gasteiger partial charge in [0.25, 0.3) is 0 Å². The number of nitrogens with one attached hydrogen (secondary N) is 1. The minimum atomic E-state index is -0.195. The molecule has 0 aromatic heterocycles. The number of hydrogen-bond donors (Lipinski definition) is 2. The molecule has 1 atom stereocenters. The summed E-state index contributed by atoms with van der Waals surface area (Å²) in [6, 6.07) is 7.38. The Kier molecular flexibility index (Phi) is 5.38. The molecule has 3 N–H and O–H groups in total. The fourth-order valence-corrected chi connectivity index (χ4v) is 1.24. The van der Waals surface area contributed by atoms with Gasteiger partial charge < -0.3 is 15.2 Å². The molecule has 6 heteroatoms. The van der Waals surface area contributed by atoms with Crippen molar-refractivity contribution in [1.82, 2.24) is 5.43 Å². The maximum absolute atomic E-state index is 5.72. The smallest absolute Gasteiger partial charge is 0.184 e. The average Bonchev–Trinajstić information content (AvgIpc) is 2.36. The zero-order chi connectivity index (χ0) is 13.5. The largest absolute Gasteiger partial charge is 0.497 e. The lowest BCUT2D eigenvalue weighted by Gasteiger charge is -2.15. The molecule has 0 aliphatic carbocycles. The van der Waals surface area contributed by atoms with Gasteiger partial charge in [-0.05, 0) is 38.2 Å². The molecule has 1 unspecified atom stereocenters. The Hall–Kier alpha value is -1.82. The summed E-state index contributed by atoms with van der Waals surface area (Å²) in [4.78, 5) is 0. The van der Waals surface area contributed by atoms with Gasteiger partial charge in [0.1, 0.15) is 17.6 Å². The van der Waals surface area contributed by atoms with Crippen molar-refractivity contribution < 1.29 is 9.47 Å². The molecule has 1 aromatic carbocycles. The molecule has 0 aliphatic rings. The van der Waals surface area contributed by atoms with Crippen molar-refractivity contribution in [1.29, 1.82) is 0 Å². The zero-order valence-corrected chi connectivity index (χ0v) is 11.5. The molecule has 0 saturated carbocycles. The molecule has 98 valence electrons. The lowest BCUT2D eigenvalue weighted by Crippen LogP contribution is -2.29. The molecule has 0 saturated heterocycles. The molecule has 0 aliphatic heterocycles. The number of nitrogens with two attached hydrogens (primary N) is 1. The van der Waals surface area contributed by atoms with Gasteiger partial charge in [0, 0.05) is 6.07 Å². The van der Waals surface area contributed by atoms with Gasteiger partial charge in [-0.3, -0.25) is 5.43 Å². The van der Waals surface area contributed by atoms with E-state index < -0.39 is 0 Å². The summed E-state index contributed by atoms with van der Waals surface area (Å²) in [5, 5.41) is 4.13. The highest BCUT2D eigenvalue weighted by Crippen LogP contribution is 2.20. The van der Waals surface area contributed by atoms with Gasteiger partial charge in [0.2, 0.25) is 0 Å². The third-order valence-corrected chi connectivity index (χ3v) is 2.38. The van der Waals surface area contributed by atoms with Gasteiger partial charge >= 0.3 is 0 Å². The second kappa shape index (κ2) is 6.80. The van der Waals surface area contributed by atoms with Gasteiger partial charge in [-0.2, -0.15) is 5.10 Å². The fraction of sp³-hybridized carbons (Fsp3) is 0.333. The van der Waals surface area contributed by atoms with Crippen molar-refractivity contribution in [2.45, 2.75) is 20.0 Å². The van der Waals surface area contributed by atoms with E-state index in [1.807, 2.05) is 38.1 Å². The van der Waals surface area contributed by atoms with Crippen LogP contribution in [0, 0.1) is 0 Å². The van der Waals surface area contributed by atoms with E-state index in [9.17, 15) is 0 Å². The molecule has 0 radical (unpaired) electrons. The van der Waals surface area contributed by atoms with Crippen LogP contribution in [0.15, 0.2) is 29.4 Å². The number of hydrogen-bond acceptors (Lipinski definition) is 4. The minimum Gasteiger partial charge on any atom is -0.497 e. The second-order valence-electron chi connectivity index (χ2n) is 3.67. The van der Waals surface area contributed by atoms with Crippen molar-refractivity contribution in [3.63, 3.8) is 0 Å². The van der Waals surface area contributed by atoms with Crippen LogP contribution < -0.4 is 20.6 Å². The van der Waals surface area contributed by atoms with Crippen LogP contribution in [-0.4, -0.2) is 24.0 Å². The van der Waals surface area contributed by atoms with Crippen LogP contribution in [0.3, 0.4) is 0 Å². The number of nitrogens with zero attached hydrogens (tertiary/aromatic N) is 1. The van der Waals surface area contributed by atoms with Crippen LogP contribution in [0.4, 0.5) is 0 Å². The van der Waals surface area contributed by atoms with Crippen LogP contribution in [0.25, 0.3) is 0 Å². The van der Waals surface area contributed by atoms with Crippen LogP contribution in [0.5, 0.6) is 11.5 Å². The number of rotatable bonds is 5. The highest BCUT2D eigenvalue weighted by Gasteiger charge is 2.08. The first-order chi connectivity index (χ1) is 8.52. The molecule has 0 fully saturated rings. The van der Waals surface area contributed by atoms with Gasteiger partial charge in [-0.15, -0.1) is 0 Å². The Morgan fingerprint density at radius 3 is 2.72 bits per heavy atom. The van der Waals surface area contributed by atoms with Crippen molar-refractivity contribution in [2.24, 2.45) is 10.8 Å². The SMILES string of the molecule is COc1cccc(OC(C)/C(C)=N/NC(N)=S)c1. The third-order valence-electron chi connectivity index (χ3n) is 2.28. The normalized spacial score (nSPS) is 12.7. The minimum absolute atomic E-state index is 0.128. The van der Waals surface area contributed by atoms with E-state index in [1.54, 1.807) is 7.11 Å². The Bertz CT molecular complexity index is 449. The summed E-state index contributed by atoms with van der Waals surface area (Å²) in [5.41, 5.74) is 8.56. The quantitative estimate of drug-likeness (QED) is 0.482. The summed E-state index contributed by atoms with van der Waals surface area (Å²) in [5.74, 6) is 1.46. The predicted molar refractivity (Wildman–Crippen MR) is 76.1 cm³/mol. The zero-order valence-electron chi connectivity index (χ0n) is 10.6. The lowest BCUT2D eigenvalue weighted by atomic mass is 10.2. The van der Waals surface area contributed by atoms with E-state index in [2.05, 4.69) is 22.7 Å². The van der Waals surface area contributed by atoms with Crippen molar-refractivity contribution >= 4 is 23.0 Å². The Morgan fingerprint density at radius 2 is 2.11 bits per heavy atom. The second-order valence-corrected chi connectivity index (χ2v) is 4.11. The predicted octanol–water partition coefficient (Wildman–Crippen LogP) is 1.67. The van der Waals surface area contributed by atoms with E-state index >= 15 is 0 Å². The number of thiocarbonyl (C=S) groups is 1. The van der Waals surface area contributed by atoms with Crippen LogP contribution in [-0.2, 0) is 0 Å². The first kappa shape index (κ1) is 14.2. The Balaban J connectivity index is 2.65. The van der Waals surface area contributed by atoms with Crippen molar-refractivity contribution in [3.05, 3.63) is 24.3 Å². The van der Waals surface area contributed by atoms with E-state index in [0.717, 1.165) is 11.5 Å². The lowest BCUT2D eigenvalue weighted by molar-refractivity contribution is 0.284. The number of ether oxygens (including phenoxy) is 2. The summed E-state index contributed by atoms with van der Waals surface area (Å²) < 4.78 is 10.8. The van der Waals surface area contributed by atoms with Crippen molar-refractivity contribution in [2.75, 3.05) is 7.11 Å². The molecular formula is C12H17N3O2S. The van der Waals surface area contributed by atoms with E-state index in [-0.39, 0.29) is 11.2 Å². The molecule has 0 heterocycles. The van der Waals surface area contributed by atoms with E-state index in [4.69, 9.17) is 15.2 Å². The van der Waals surface area contributed by atoms with Gasteiger partial charge in [0.15, 0.2) is 5.11 Å².